The van der Waals surface area contributed by atoms with Gasteiger partial charge >= 0.3 is 0 Å². The van der Waals surface area contributed by atoms with E-state index < -0.39 is 0 Å². The molecule has 0 fully saturated rings. The summed E-state index contributed by atoms with van der Waals surface area (Å²) in [7, 11) is 0. The lowest BCUT2D eigenvalue weighted by Crippen LogP contribution is -2.14. The van der Waals surface area contributed by atoms with Crippen LogP contribution in [0.4, 0.5) is 0 Å². The van der Waals surface area contributed by atoms with Gasteiger partial charge < -0.3 is 10.3 Å². The van der Waals surface area contributed by atoms with E-state index >= 15 is 0 Å². The van der Waals surface area contributed by atoms with Crippen molar-refractivity contribution in [1.29, 1.82) is 0 Å². The van der Waals surface area contributed by atoms with Crippen LogP contribution in [0.1, 0.15) is 17.0 Å². The van der Waals surface area contributed by atoms with Crippen LogP contribution in [0.2, 0.25) is 0 Å². The summed E-state index contributed by atoms with van der Waals surface area (Å²) < 4.78 is 0. The molecular formula is C16H14N3O. The highest BCUT2D eigenvalue weighted by Crippen LogP contribution is 2.21. The minimum Gasteiger partial charge on any atom is -0.348 e. The third-order valence-electron chi connectivity index (χ3n) is 3.29. The molecule has 0 saturated heterocycles. The van der Waals surface area contributed by atoms with Gasteiger partial charge in [-0.15, -0.1) is 0 Å². The van der Waals surface area contributed by atoms with Crippen LogP contribution < -0.4 is 5.32 Å². The van der Waals surface area contributed by atoms with E-state index in [9.17, 15) is 4.79 Å². The molecule has 0 unspecified atom stereocenters. The van der Waals surface area contributed by atoms with Crippen LogP contribution >= 0.6 is 0 Å². The van der Waals surface area contributed by atoms with Gasteiger partial charge in [0, 0.05) is 24.5 Å². The first-order chi connectivity index (χ1) is 9.88. The van der Waals surface area contributed by atoms with Gasteiger partial charge in [-0.3, -0.25) is 4.79 Å². The third-order valence-corrected chi connectivity index (χ3v) is 3.29. The maximum absolute atomic E-state index is 10.9. The number of rotatable bonds is 5. The number of hydrogen-bond acceptors (Lipinski definition) is 3. The van der Waals surface area contributed by atoms with Crippen molar-refractivity contribution in [3.63, 3.8) is 0 Å². The van der Waals surface area contributed by atoms with E-state index in [0.717, 1.165) is 28.7 Å². The van der Waals surface area contributed by atoms with Gasteiger partial charge in [0.2, 0.25) is 6.29 Å². The lowest BCUT2D eigenvalue weighted by molar-refractivity contribution is 0.563. The van der Waals surface area contributed by atoms with Gasteiger partial charge in [0.05, 0.1) is 6.54 Å². The largest absolute Gasteiger partial charge is 0.348 e. The van der Waals surface area contributed by atoms with E-state index in [2.05, 4.69) is 15.3 Å². The van der Waals surface area contributed by atoms with Crippen molar-refractivity contribution < 1.29 is 4.79 Å². The summed E-state index contributed by atoms with van der Waals surface area (Å²) in [6.45, 7) is 1.41. The molecule has 0 saturated carbocycles. The second-order valence-corrected chi connectivity index (χ2v) is 4.56. The fourth-order valence-electron chi connectivity index (χ4n) is 2.31. The summed E-state index contributed by atoms with van der Waals surface area (Å²) in [5, 5.41) is 5.37. The van der Waals surface area contributed by atoms with Crippen molar-refractivity contribution >= 4 is 17.1 Å². The molecule has 0 bridgehead atoms. The van der Waals surface area contributed by atoms with Gasteiger partial charge in [0.15, 0.2) is 0 Å². The molecule has 0 aliphatic rings. The van der Waals surface area contributed by atoms with Gasteiger partial charge in [-0.25, -0.2) is 4.98 Å². The van der Waals surface area contributed by atoms with Crippen molar-refractivity contribution in [2.75, 3.05) is 0 Å². The number of aromatic nitrogens is 2. The Balaban J connectivity index is 1.83. The molecule has 0 aliphatic heterocycles. The van der Waals surface area contributed by atoms with Crippen LogP contribution in [0.25, 0.3) is 10.8 Å². The highest BCUT2D eigenvalue weighted by molar-refractivity contribution is 5.99. The van der Waals surface area contributed by atoms with Crippen molar-refractivity contribution in [3.05, 3.63) is 65.7 Å². The first-order valence-corrected chi connectivity index (χ1v) is 6.46. The average molecular weight is 264 g/mol. The monoisotopic (exact) mass is 264 g/mol. The zero-order chi connectivity index (χ0) is 13.8. The SMILES string of the molecule is O=[C]c1ccc(CNCc2ncc[nH]2)c2ccccc12. The van der Waals surface area contributed by atoms with Crippen LogP contribution in [0.3, 0.4) is 0 Å². The molecule has 2 N–H and O–H groups in total. The molecule has 0 amide bonds. The van der Waals surface area contributed by atoms with Crippen LogP contribution in [0.15, 0.2) is 48.8 Å². The molecule has 20 heavy (non-hydrogen) atoms. The van der Waals surface area contributed by atoms with E-state index in [0.29, 0.717) is 12.1 Å². The Morgan fingerprint density at radius 2 is 1.95 bits per heavy atom. The number of hydrogen-bond donors (Lipinski definition) is 2. The predicted octanol–water partition coefficient (Wildman–Crippen LogP) is 2.31. The van der Waals surface area contributed by atoms with Gasteiger partial charge in [-0.2, -0.15) is 0 Å². The van der Waals surface area contributed by atoms with Crippen LogP contribution in [0.5, 0.6) is 0 Å². The number of aromatic amines is 1. The predicted molar refractivity (Wildman–Crippen MR) is 77.9 cm³/mol. The summed E-state index contributed by atoms with van der Waals surface area (Å²) in [5.41, 5.74) is 1.77. The summed E-state index contributed by atoms with van der Waals surface area (Å²) in [6, 6.07) is 11.7. The minimum atomic E-state index is 0.607. The Morgan fingerprint density at radius 1 is 1.10 bits per heavy atom. The standard InChI is InChI=1S/C16H14N3O/c20-11-13-6-5-12(14-3-1-2-4-15(13)14)9-17-10-16-18-7-8-19-16/h1-8,17H,9-10H2,(H,18,19). The van der Waals surface area contributed by atoms with Crippen molar-refractivity contribution in [2.45, 2.75) is 13.1 Å². The molecule has 2 aromatic carbocycles. The Morgan fingerprint density at radius 3 is 2.70 bits per heavy atom. The van der Waals surface area contributed by atoms with Crippen LogP contribution in [-0.2, 0) is 17.9 Å². The molecular weight excluding hydrogens is 250 g/mol. The lowest BCUT2D eigenvalue weighted by atomic mass is 10.00. The molecule has 99 valence electrons. The molecule has 1 heterocycles. The number of benzene rings is 2. The second-order valence-electron chi connectivity index (χ2n) is 4.56. The average Bonchev–Trinajstić information content (AvgIpc) is 3.01. The highest BCUT2D eigenvalue weighted by atomic mass is 16.1. The molecule has 3 rings (SSSR count). The number of nitrogens with zero attached hydrogens (tertiary/aromatic N) is 1. The molecule has 4 nitrogen and oxygen atoms in total. The fraction of sp³-hybridized carbons (Fsp3) is 0.125. The molecule has 1 radical (unpaired) electrons. The number of imidazole rings is 1. The Kier molecular flexibility index (Phi) is 3.56. The smallest absolute Gasteiger partial charge is 0.234 e. The third kappa shape index (κ3) is 2.46. The topological polar surface area (TPSA) is 57.8 Å². The van der Waals surface area contributed by atoms with Crippen molar-refractivity contribution in [1.82, 2.24) is 15.3 Å². The highest BCUT2D eigenvalue weighted by Gasteiger charge is 2.05. The van der Waals surface area contributed by atoms with Gasteiger partial charge in [-0.05, 0) is 22.4 Å². The Hall–Kier alpha value is -2.46. The quantitative estimate of drug-likeness (QED) is 0.743. The van der Waals surface area contributed by atoms with Crippen molar-refractivity contribution in [3.8, 4) is 0 Å². The van der Waals surface area contributed by atoms with Gasteiger partial charge in [-0.1, -0.05) is 30.3 Å². The number of fused-ring (bicyclic) bond motifs is 1. The van der Waals surface area contributed by atoms with Gasteiger partial charge in [0.1, 0.15) is 5.82 Å². The van der Waals surface area contributed by atoms with E-state index in [-0.39, 0.29) is 0 Å². The zero-order valence-corrected chi connectivity index (χ0v) is 10.9. The minimum absolute atomic E-state index is 0.607. The molecule has 0 spiro atoms. The first kappa shape index (κ1) is 12.6. The zero-order valence-electron chi connectivity index (χ0n) is 10.9. The number of carbonyl (C=O) groups excluding carboxylic acids is 1. The van der Waals surface area contributed by atoms with Gasteiger partial charge in [0.25, 0.3) is 0 Å². The summed E-state index contributed by atoms with van der Waals surface area (Å²) in [4.78, 5) is 18.2. The van der Waals surface area contributed by atoms with E-state index in [4.69, 9.17) is 0 Å². The lowest BCUT2D eigenvalue weighted by Gasteiger charge is -2.09. The number of nitrogens with one attached hydrogen (secondary N) is 2. The molecule has 0 aliphatic carbocycles. The van der Waals surface area contributed by atoms with E-state index in [1.54, 1.807) is 12.4 Å². The maximum atomic E-state index is 10.9. The second kappa shape index (κ2) is 5.67. The normalized spacial score (nSPS) is 10.8. The van der Waals surface area contributed by atoms with Crippen LogP contribution in [0, 0.1) is 0 Å². The molecule has 0 atom stereocenters. The summed E-state index contributed by atoms with van der Waals surface area (Å²) in [5.74, 6) is 0.909. The Bertz CT molecular complexity index is 720. The molecule has 3 aromatic rings. The summed E-state index contributed by atoms with van der Waals surface area (Å²) >= 11 is 0. The van der Waals surface area contributed by atoms with E-state index in [1.807, 2.05) is 42.7 Å². The fourth-order valence-corrected chi connectivity index (χ4v) is 2.31. The van der Waals surface area contributed by atoms with Crippen molar-refractivity contribution in [2.24, 2.45) is 0 Å². The maximum Gasteiger partial charge on any atom is 0.234 e. The van der Waals surface area contributed by atoms with E-state index in [1.165, 1.54) is 0 Å². The first-order valence-electron chi connectivity index (χ1n) is 6.46. The Labute approximate surface area is 116 Å². The molecule has 4 heteroatoms. The van der Waals surface area contributed by atoms with Crippen LogP contribution in [-0.4, -0.2) is 16.3 Å². The number of H-pyrrole nitrogens is 1. The molecule has 1 aromatic heterocycles. The summed E-state index contributed by atoms with van der Waals surface area (Å²) in [6.07, 6.45) is 5.53.